The van der Waals surface area contributed by atoms with Gasteiger partial charge in [-0.2, -0.15) is 5.26 Å². The van der Waals surface area contributed by atoms with Gasteiger partial charge in [0.25, 0.3) is 5.91 Å². The van der Waals surface area contributed by atoms with Gasteiger partial charge < -0.3 is 10.6 Å². The lowest BCUT2D eigenvalue weighted by Gasteiger charge is -2.08. The highest BCUT2D eigenvalue weighted by Gasteiger charge is 2.07. The van der Waals surface area contributed by atoms with E-state index in [1.54, 1.807) is 30.3 Å². The predicted molar refractivity (Wildman–Crippen MR) is 105 cm³/mol. The number of nitrogens with zero attached hydrogens (tertiary/aromatic N) is 1. The molecule has 0 aromatic heterocycles. The van der Waals surface area contributed by atoms with Gasteiger partial charge in [-0.3, -0.25) is 9.59 Å². The molecule has 0 spiro atoms. The first kappa shape index (κ1) is 17.9. The Morgan fingerprint density at radius 1 is 0.741 bits per heavy atom. The Morgan fingerprint density at radius 3 is 1.93 bits per heavy atom. The van der Waals surface area contributed by atoms with E-state index < -0.39 is 0 Å². The number of anilines is 2. The number of hydrogen-bond donors (Lipinski definition) is 2. The lowest BCUT2D eigenvalue weighted by Crippen LogP contribution is -2.13. The maximum atomic E-state index is 12.4. The molecule has 27 heavy (non-hydrogen) atoms. The molecular weight excluding hydrogens is 338 g/mol. The van der Waals surface area contributed by atoms with Crippen LogP contribution >= 0.6 is 0 Å². The van der Waals surface area contributed by atoms with Gasteiger partial charge in [0.15, 0.2) is 0 Å². The molecule has 0 saturated carbocycles. The third kappa shape index (κ3) is 4.80. The molecule has 5 nitrogen and oxygen atoms in total. The van der Waals surface area contributed by atoms with Gasteiger partial charge >= 0.3 is 0 Å². The van der Waals surface area contributed by atoms with E-state index in [2.05, 4.69) is 10.6 Å². The second kappa shape index (κ2) is 8.45. The summed E-state index contributed by atoms with van der Waals surface area (Å²) in [5.41, 5.74) is 3.90. The predicted octanol–water partition coefficient (Wildman–Crippen LogP) is 4.46. The van der Waals surface area contributed by atoms with Crippen LogP contribution in [0.1, 0.15) is 16.8 Å². The van der Waals surface area contributed by atoms with Crippen LogP contribution in [-0.4, -0.2) is 11.8 Å². The van der Waals surface area contributed by atoms with Gasteiger partial charge in [0.1, 0.15) is 6.42 Å². The maximum absolute atomic E-state index is 12.4. The normalized spacial score (nSPS) is 9.89. The van der Waals surface area contributed by atoms with Crippen molar-refractivity contribution in [3.63, 3.8) is 0 Å². The monoisotopic (exact) mass is 355 g/mol. The molecule has 3 rings (SSSR count). The van der Waals surface area contributed by atoms with Crippen LogP contribution in [-0.2, 0) is 4.79 Å². The summed E-state index contributed by atoms with van der Waals surface area (Å²) in [5.74, 6) is -0.620. The van der Waals surface area contributed by atoms with Crippen molar-refractivity contribution in [2.45, 2.75) is 6.42 Å². The minimum absolute atomic E-state index is 0.207. The van der Waals surface area contributed by atoms with Crippen molar-refractivity contribution in [3.8, 4) is 17.2 Å². The van der Waals surface area contributed by atoms with E-state index in [1.165, 1.54) is 0 Å². The topological polar surface area (TPSA) is 82.0 Å². The van der Waals surface area contributed by atoms with E-state index in [0.29, 0.717) is 16.9 Å². The number of amides is 2. The molecule has 5 heteroatoms. The first-order chi connectivity index (χ1) is 13.2. The lowest BCUT2D eigenvalue weighted by molar-refractivity contribution is -0.115. The van der Waals surface area contributed by atoms with Gasteiger partial charge in [0, 0.05) is 16.9 Å². The average molecular weight is 355 g/mol. The van der Waals surface area contributed by atoms with Crippen molar-refractivity contribution in [1.82, 2.24) is 0 Å². The standard InChI is InChI=1S/C22H17N3O2/c23-15-14-21(26)24-19-12-8-18(9-13-19)22(27)25-20-10-6-17(7-11-20)16-4-2-1-3-5-16/h1-13H,14H2,(H,24,26)(H,25,27). The van der Waals surface area contributed by atoms with Crippen LogP contribution in [0.15, 0.2) is 78.9 Å². The van der Waals surface area contributed by atoms with Crippen molar-refractivity contribution >= 4 is 23.2 Å². The molecule has 3 aromatic rings. The summed E-state index contributed by atoms with van der Waals surface area (Å²) in [6.45, 7) is 0. The van der Waals surface area contributed by atoms with E-state index in [1.807, 2.05) is 54.6 Å². The van der Waals surface area contributed by atoms with Gasteiger partial charge in [0.2, 0.25) is 5.91 Å². The molecule has 2 amide bonds. The van der Waals surface area contributed by atoms with Crippen molar-refractivity contribution < 1.29 is 9.59 Å². The number of carbonyl (C=O) groups is 2. The Bertz CT molecular complexity index is 973. The summed E-state index contributed by atoms with van der Waals surface area (Å²) >= 11 is 0. The third-order valence-corrected chi connectivity index (χ3v) is 3.92. The number of carbonyl (C=O) groups excluding carboxylic acids is 2. The Labute approximate surface area is 157 Å². The van der Waals surface area contributed by atoms with Crippen LogP contribution in [0.25, 0.3) is 11.1 Å². The first-order valence-electron chi connectivity index (χ1n) is 8.39. The van der Waals surface area contributed by atoms with Gasteiger partial charge in [-0.25, -0.2) is 0 Å². The number of benzene rings is 3. The van der Waals surface area contributed by atoms with Crippen molar-refractivity contribution in [1.29, 1.82) is 5.26 Å². The highest BCUT2D eigenvalue weighted by molar-refractivity contribution is 6.04. The lowest BCUT2D eigenvalue weighted by atomic mass is 10.1. The van der Waals surface area contributed by atoms with Crippen LogP contribution < -0.4 is 10.6 Å². The maximum Gasteiger partial charge on any atom is 0.255 e. The minimum atomic E-state index is -0.381. The van der Waals surface area contributed by atoms with E-state index in [0.717, 1.165) is 11.1 Å². The molecule has 0 radical (unpaired) electrons. The zero-order valence-corrected chi connectivity index (χ0v) is 14.5. The number of nitrogens with one attached hydrogen (secondary N) is 2. The summed E-state index contributed by atoms with van der Waals surface area (Å²) in [4.78, 5) is 23.8. The molecule has 0 fully saturated rings. The van der Waals surface area contributed by atoms with E-state index in [4.69, 9.17) is 5.26 Å². The molecule has 0 aliphatic rings. The Hall–Kier alpha value is -3.91. The van der Waals surface area contributed by atoms with Crippen molar-refractivity contribution in [2.75, 3.05) is 10.6 Å². The molecule has 0 aliphatic carbocycles. The van der Waals surface area contributed by atoms with E-state index in [9.17, 15) is 9.59 Å². The van der Waals surface area contributed by atoms with Gasteiger partial charge in [-0.1, -0.05) is 42.5 Å². The summed E-state index contributed by atoms with van der Waals surface area (Å²) < 4.78 is 0. The Balaban J connectivity index is 1.63. The molecule has 0 unspecified atom stereocenters. The van der Waals surface area contributed by atoms with E-state index in [-0.39, 0.29) is 18.2 Å². The fourth-order valence-corrected chi connectivity index (χ4v) is 2.56. The average Bonchev–Trinajstić information content (AvgIpc) is 2.70. The van der Waals surface area contributed by atoms with Crippen LogP contribution in [0.2, 0.25) is 0 Å². The van der Waals surface area contributed by atoms with Gasteiger partial charge in [-0.05, 0) is 47.5 Å². The summed E-state index contributed by atoms with van der Waals surface area (Å²) in [5, 5.41) is 13.9. The number of nitriles is 1. The van der Waals surface area contributed by atoms with Crippen LogP contribution in [0, 0.1) is 11.3 Å². The fraction of sp³-hybridized carbons (Fsp3) is 0.0455. The zero-order valence-electron chi connectivity index (χ0n) is 14.5. The highest BCUT2D eigenvalue weighted by Crippen LogP contribution is 2.21. The van der Waals surface area contributed by atoms with E-state index >= 15 is 0 Å². The minimum Gasteiger partial charge on any atom is -0.325 e. The fourth-order valence-electron chi connectivity index (χ4n) is 2.56. The van der Waals surface area contributed by atoms with Crippen LogP contribution in [0.4, 0.5) is 11.4 Å². The van der Waals surface area contributed by atoms with Gasteiger partial charge in [-0.15, -0.1) is 0 Å². The molecule has 0 atom stereocenters. The molecule has 0 bridgehead atoms. The molecular formula is C22H17N3O2. The molecule has 0 aliphatic heterocycles. The highest BCUT2D eigenvalue weighted by atomic mass is 16.2. The van der Waals surface area contributed by atoms with Crippen LogP contribution in [0.5, 0.6) is 0 Å². The zero-order chi connectivity index (χ0) is 19.1. The number of hydrogen-bond acceptors (Lipinski definition) is 3. The molecule has 132 valence electrons. The van der Waals surface area contributed by atoms with Crippen molar-refractivity contribution in [2.24, 2.45) is 0 Å². The van der Waals surface area contributed by atoms with Crippen LogP contribution in [0.3, 0.4) is 0 Å². The Kier molecular flexibility index (Phi) is 5.60. The molecule has 0 heterocycles. The largest absolute Gasteiger partial charge is 0.325 e. The molecule has 0 saturated heterocycles. The quantitative estimate of drug-likeness (QED) is 0.709. The Morgan fingerprint density at radius 2 is 1.30 bits per heavy atom. The summed E-state index contributed by atoms with van der Waals surface area (Å²) in [6.07, 6.45) is -0.207. The third-order valence-electron chi connectivity index (χ3n) is 3.92. The second-order valence-electron chi connectivity index (χ2n) is 5.86. The summed E-state index contributed by atoms with van der Waals surface area (Å²) in [7, 11) is 0. The first-order valence-corrected chi connectivity index (χ1v) is 8.39. The van der Waals surface area contributed by atoms with Crippen molar-refractivity contribution in [3.05, 3.63) is 84.4 Å². The molecule has 3 aromatic carbocycles. The number of rotatable bonds is 5. The SMILES string of the molecule is N#CCC(=O)Nc1ccc(C(=O)Nc2ccc(-c3ccccc3)cc2)cc1. The molecule has 2 N–H and O–H groups in total. The second-order valence-corrected chi connectivity index (χ2v) is 5.86. The smallest absolute Gasteiger partial charge is 0.255 e. The van der Waals surface area contributed by atoms with Gasteiger partial charge in [0.05, 0.1) is 6.07 Å². The summed E-state index contributed by atoms with van der Waals surface area (Å²) in [6, 6.07) is 25.9.